The number of ether oxygens (including phenoxy) is 2. The molecular formula is C14H20BrNO2. The van der Waals surface area contributed by atoms with Gasteiger partial charge in [-0.3, -0.25) is 0 Å². The fraction of sp³-hybridized carbons (Fsp3) is 0.571. The van der Waals surface area contributed by atoms with Crippen molar-refractivity contribution in [1.82, 2.24) is 0 Å². The van der Waals surface area contributed by atoms with Gasteiger partial charge >= 0.3 is 0 Å². The zero-order valence-corrected chi connectivity index (χ0v) is 12.9. The van der Waals surface area contributed by atoms with Gasteiger partial charge in [-0.25, -0.2) is 0 Å². The summed E-state index contributed by atoms with van der Waals surface area (Å²) in [6, 6.07) is 5.67. The molecule has 0 aliphatic carbocycles. The van der Waals surface area contributed by atoms with Crippen LogP contribution in [-0.4, -0.2) is 17.3 Å². The molecular weight excluding hydrogens is 294 g/mol. The van der Waals surface area contributed by atoms with Gasteiger partial charge in [-0.1, -0.05) is 6.07 Å². The highest BCUT2D eigenvalue weighted by Gasteiger charge is 2.47. The van der Waals surface area contributed by atoms with Crippen molar-refractivity contribution in [3.05, 3.63) is 22.7 Å². The zero-order valence-electron chi connectivity index (χ0n) is 11.3. The first-order chi connectivity index (χ1) is 8.21. The summed E-state index contributed by atoms with van der Waals surface area (Å²) >= 11 is 3.47. The van der Waals surface area contributed by atoms with Crippen molar-refractivity contribution in [1.29, 1.82) is 0 Å². The highest BCUT2D eigenvalue weighted by Crippen LogP contribution is 2.42. The van der Waals surface area contributed by atoms with Crippen molar-refractivity contribution in [3.8, 4) is 5.75 Å². The van der Waals surface area contributed by atoms with E-state index in [1.54, 1.807) is 0 Å². The highest BCUT2D eigenvalue weighted by atomic mass is 79.9. The van der Waals surface area contributed by atoms with E-state index in [0.29, 0.717) is 11.4 Å². The summed E-state index contributed by atoms with van der Waals surface area (Å²) in [5.41, 5.74) is 6.13. The van der Waals surface area contributed by atoms with Crippen molar-refractivity contribution in [2.75, 3.05) is 5.73 Å². The molecule has 3 nitrogen and oxygen atoms in total. The first-order valence-electron chi connectivity index (χ1n) is 6.12. The number of anilines is 1. The van der Waals surface area contributed by atoms with Crippen LogP contribution in [0.25, 0.3) is 0 Å². The quantitative estimate of drug-likeness (QED) is 0.846. The molecule has 0 spiro atoms. The van der Waals surface area contributed by atoms with E-state index in [9.17, 15) is 0 Å². The first-order valence-corrected chi connectivity index (χ1v) is 6.91. The minimum Gasteiger partial charge on any atom is -0.484 e. The largest absolute Gasteiger partial charge is 0.484 e. The molecule has 1 aromatic carbocycles. The van der Waals surface area contributed by atoms with E-state index in [1.807, 2.05) is 18.2 Å². The lowest BCUT2D eigenvalue weighted by atomic mass is 9.97. The van der Waals surface area contributed by atoms with E-state index in [2.05, 4.69) is 43.6 Å². The number of benzene rings is 1. The second-order valence-electron chi connectivity index (χ2n) is 5.93. The molecule has 1 aliphatic rings. The fourth-order valence-electron chi connectivity index (χ4n) is 2.49. The molecule has 2 rings (SSSR count). The Kier molecular flexibility index (Phi) is 3.36. The van der Waals surface area contributed by atoms with Crippen molar-refractivity contribution in [3.63, 3.8) is 0 Å². The molecule has 4 heteroatoms. The van der Waals surface area contributed by atoms with Crippen LogP contribution in [0, 0.1) is 0 Å². The van der Waals surface area contributed by atoms with Crippen LogP contribution in [0.2, 0.25) is 0 Å². The summed E-state index contributed by atoms with van der Waals surface area (Å²) in [6.45, 7) is 8.28. The third-order valence-corrected chi connectivity index (χ3v) is 3.87. The molecule has 2 N–H and O–H groups in total. The number of rotatable bonds is 2. The van der Waals surface area contributed by atoms with E-state index in [1.165, 1.54) is 0 Å². The molecule has 1 heterocycles. The fourth-order valence-corrected chi connectivity index (χ4v) is 2.96. The maximum atomic E-state index is 6.09. The van der Waals surface area contributed by atoms with Gasteiger partial charge in [0, 0.05) is 6.42 Å². The van der Waals surface area contributed by atoms with Crippen LogP contribution in [-0.2, 0) is 4.74 Å². The Hall–Kier alpha value is -0.740. The molecule has 1 unspecified atom stereocenters. The van der Waals surface area contributed by atoms with Gasteiger partial charge in [0.2, 0.25) is 0 Å². The monoisotopic (exact) mass is 313 g/mol. The molecule has 0 saturated carbocycles. The Labute approximate surface area is 117 Å². The average Bonchev–Trinajstić information content (AvgIpc) is 2.40. The number of nitrogens with two attached hydrogens (primary N) is 1. The van der Waals surface area contributed by atoms with Crippen molar-refractivity contribution in [2.45, 2.75) is 51.4 Å². The van der Waals surface area contributed by atoms with Gasteiger partial charge in [-0.2, -0.15) is 0 Å². The third-order valence-electron chi connectivity index (χ3n) is 3.25. The molecule has 18 heavy (non-hydrogen) atoms. The second kappa shape index (κ2) is 4.42. The topological polar surface area (TPSA) is 44.5 Å². The smallest absolute Gasteiger partial charge is 0.156 e. The van der Waals surface area contributed by atoms with Crippen LogP contribution in [0.1, 0.15) is 34.1 Å². The van der Waals surface area contributed by atoms with Gasteiger partial charge in [-0.15, -0.1) is 0 Å². The zero-order chi connectivity index (χ0) is 13.6. The van der Waals surface area contributed by atoms with Gasteiger partial charge in [0.25, 0.3) is 0 Å². The van der Waals surface area contributed by atoms with Gasteiger partial charge < -0.3 is 15.2 Å². The van der Waals surface area contributed by atoms with E-state index in [4.69, 9.17) is 15.2 Å². The van der Waals surface area contributed by atoms with E-state index in [0.717, 1.165) is 10.9 Å². The molecule has 1 aromatic rings. The van der Waals surface area contributed by atoms with Crippen molar-refractivity contribution < 1.29 is 9.47 Å². The molecule has 0 aromatic heterocycles. The Bertz CT molecular complexity index is 437. The molecule has 100 valence electrons. The van der Waals surface area contributed by atoms with Crippen LogP contribution in [0.5, 0.6) is 5.75 Å². The maximum Gasteiger partial charge on any atom is 0.156 e. The molecule has 0 bridgehead atoms. The van der Waals surface area contributed by atoms with Gasteiger partial charge in [0.15, 0.2) is 5.75 Å². The predicted octanol–water partition coefficient (Wildman–Crippen LogP) is 3.76. The maximum absolute atomic E-state index is 6.09. The Morgan fingerprint density at radius 1 is 1.33 bits per heavy atom. The lowest BCUT2D eigenvalue weighted by molar-refractivity contribution is -0.0845. The normalized spacial score (nSPS) is 25.1. The first kappa shape index (κ1) is 13.7. The van der Waals surface area contributed by atoms with Crippen LogP contribution in [0.4, 0.5) is 5.69 Å². The Balaban J connectivity index is 2.25. The van der Waals surface area contributed by atoms with E-state index < -0.39 is 0 Å². The lowest BCUT2D eigenvalue weighted by Gasteiger charge is -2.28. The van der Waals surface area contributed by atoms with Crippen LogP contribution in [0.3, 0.4) is 0 Å². The van der Waals surface area contributed by atoms with Crippen molar-refractivity contribution >= 4 is 21.6 Å². The van der Waals surface area contributed by atoms with E-state index in [-0.39, 0.29) is 17.3 Å². The average molecular weight is 314 g/mol. The van der Waals surface area contributed by atoms with Crippen LogP contribution in [0.15, 0.2) is 22.7 Å². The summed E-state index contributed by atoms with van der Waals surface area (Å²) < 4.78 is 13.0. The van der Waals surface area contributed by atoms with Crippen molar-refractivity contribution in [2.24, 2.45) is 0 Å². The lowest BCUT2D eigenvalue weighted by Crippen LogP contribution is -2.36. The second-order valence-corrected chi connectivity index (χ2v) is 6.79. The number of nitrogen functional groups attached to an aromatic ring is 1. The number of para-hydroxylation sites is 1. The number of halogens is 1. The van der Waals surface area contributed by atoms with Gasteiger partial charge in [0.05, 0.1) is 15.8 Å². The SMILES string of the molecule is CC1(C)CC(Oc2c(N)cccc2Br)C(C)(C)O1. The third kappa shape index (κ3) is 2.64. The predicted molar refractivity (Wildman–Crippen MR) is 76.8 cm³/mol. The molecule has 1 aliphatic heterocycles. The highest BCUT2D eigenvalue weighted by molar-refractivity contribution is 9.10. The minimum absolute atomic E-state index is 0.00602. The summed E-state index contributed by atoms with van der Waals surface area (Å²) in [5, 5.41) is 0. The van der Waals surface area contributed by atoms with Gasteiger partial charge in [0.1, 0.15) is 11.7 Å². The molecule has 1 fully saturated rings. The standard InChI is InChI=1S/C14H20BrNO2/c1-13(2)8-11(14(3,4)18-13)17-12-9(15)6-5-7-10(12)16/h5-7,11H,8,16H2,1-4H3. The van der Waals surface area contributed by atoms with Crippen LogP contribution < -0.4 is 10.5 Å². The number of hydrogen-bond donors (Lipinski definition) is 1. The molecule has 0 amide bonds. The number of hydrogen-bond acceptors (Lipinski definition) is 3. The summed E-state index contributed by atoms with van der Waals surface area (Å²) in [6.07, 6.45) is 0.842. The van der Waals surface area contributed by atoms with Gasteiger partial charge in [-0.05, 0) is 55.8 Å². The molecule has 1 atom stereocenters. The molecule has 1 saturated heterocycles. The van der Waals surface area contributed by atoms with Crippen LogP contribution >= 0.6 is 15.9 Å². The Morgan fingerprint density at radius 3 is 2.50 bits per heavy atom. The summed E-state index contributed by atoms with van der Waals surface area (Å²) in [7, 11) is 0. The summed E-state index contributed by atoms with van der Waals surface area (Å²) in [5.74, 6) is 0.705. The Morgan fingerprint density at radius 2 is 2.00 bits per heavy atom. The van der Waals surface area contributed by atoms with E-state index >= 15 is 0 Å². The molecule has 0 radical (unpaired) electrons. The summed E-state index contributed by atoms with van der Waals surface area (Å²) in [4.78, 5) is 0. The minimum atomic E-state index is -0.314.